The van der Waals surface area contributed by atoms with Crippen LogP contribution >= 0.6 is 0 Å². The number of carbonyl (C=O) groups excluding carboxylic acids is 1. The highest BCUT2D eigenvalue weighted by molar-refractivity contribution is 5.92. The van der Waals surface area contributed by atoms with E-state index in [0.29, 0.717) is 23.8 Å². The second kappa shape index (κ2) is 10.8. The maximum Gasteiger partial charge on any atom is 0.244 e. The first kappa shape index (κ1) is 22.6. The number of ether oxygens (including phenoxy) is 2. The fraction of sp³-hybridized carbons (Fsp3) is 0.417. The van der Waals surface area contributed by atoms with Crippen LogP contribution in [0.25, 0.3) is 11.0 Å². The minimum Gasteiger partial charge on any atom is -0.493 e. The average molecular weight is 425 g/mol. The number of nitrogens with zero attached hydrogens (tertiary/aromatic N) is 3. The van der Waals surface area contributed by atoms with Crippen molar-refractivity contribution in [2.75, 3.05) is 38.7 Å². The van der Waals surface area contributed by atoms with Gasteiger partial charge in [0.05, 0.1) is 18.1 Å². The SMILES string of the molecule is CCc1nc2ccccc2n1CC(=O)Nc1ccc(OC)c(OCCN(CC)CC)c1. The number of methoxy groups -OCH3 is 1. The number of hydrogen-bond donors (Lipinski definition) is 1. The van der Waals surface area contributed by atoms with E-state index in [-0.39, 0.29) is 12.5 Å². The molecule has 0 aliphatic heterocycles. The molecule has 1 N–H and O–H groups in total. The number of nitrogens with one attached hydrogen (secondary N) is 1. The molecule has 0 spiro atoms. The topological polar surface area (TPSA) is 68.6 Å². The predicted octanol–water partition coefficient (Wildman–Crippen LogP) is 3.97. The molecule has 0 bridgehead atoms. The smallest absolute Gasteiger partial charge is 0.244 e. The summed E-state index contributed by atoms with van der Waals surface area (Å²) in [6, 6.07) is 13.3. The van der Waals surface area contributed by atoms with E-state index < -0.39 is 0 Å². The van der Waals surface area contributed by atoms with Gasteiger partial charge >= 0.3 is 0 Å². The van der Waals surface area contributed by atoms with E-state index in [1.165, 1.54) is 0 Å². The van der Waals surface area contributed by atoms with Crippen molar-refractivity contribution in [3.63, 3.8) is 0 Å². The van der Waals surface area contributed by atoms with Gasteiger partial charge in [-0.2, -0.15) is 0 Å². The molecule has 3 aromatic rings. The van der Waals surface area contributed by atoms with E-state index in [1.54, 1.807) is 7.11 Å². The van der Waals surface area contributed by atoms with Gasteiger partial charge in [0, 0.05) is 24.7 Å². The van der Waals surface area contributed by atoms with Crippen molar-refractivity contribution in [3.05, 3.63) is 48.3 Å². The molecule has 0 aliphatic rings. The highest BCUT2D eigenvalue weighted by atomic mass is 16.5. The lowest BCUT2D eigenvalue weighted by atomic mass is 10.2. The molecule has 1 heterocycles. The number of anilines is 1. The Bertz CT molecular complexity index is 1010. The number of fused-ring (bicyclic) bond motifs is 1. The van der Waals surface area contributed by atoms with Crippen LogP contribution in [0, 0.1) is 0 Å². The molecule has 2 aromatic carbocycles. The summed E-state index contributed by atoms with van der Waals surface area (Å²) in [6.45, 7) is 9.86. The van der Waals surface area contributed by atoms with Crippen LogP contribution in [0.2, 0.25) is 0 Å². The first-order chi connectivity index (χ1) is 15.1. The Kier molecular flexibility index (Phi) is 7.89. The van der Waals surface area contributed by atoms with Crippen LogP contribution in [-0.4, -0.2) is 53.7 Å². The average Bonchev–Trinajstić information content (AvgIpc) is 3.14. The van der Waals surface area contributed by atoms with E-state index >= 15 is 0 Å². The number of imidazole rings is 1. The van der Waals surface area contributed by atoms with E-state index in [9.17, 15) is 4.79 Å². The van der Waals surface area contributed by atoms with Crippen molar-refractivity contribution >= 4 is 22.6 Å². The lowest BCUT2D eigenvalue weighted by Crippen LogP contribution is -2.28. The molecule has 0 unspecified atom stereocenters. The summed E-state index contributed by atoms with van der Waals surface area (Å²) in [5.74, 6) is 2.05. The van der Waals surface area contributed by atoms with Gasteiger partial charge in [0.1, 0.15) is 19.0 Å². The zero-order valence-corrected chi connectivity index (χ0v) is 18.9. The number of benzene rings is 2. The molecule has 3 rings (SSSR count). The number of likely N-dealkylation sites (N-methyl/N-ethyl adjacent to an activating group) is 1. The van der Waals surface area contributed by atoms with Crippen molar-refractivity contribution in [3.8, 4) is 11.5 Å². The van der Waals surface area contributed by atoms with Crippen LogP contribution < -0.4 is 14.8 Å². The van der Waals surface area contributed by atoms with Crippen molar-refractivity contribution in [2.45, 2.75) is 33.7 Å². The second-order valence-electron chi connectivity index (χ2n) is 7.25. The van der Waals surface area contributed by atoms with Crippen LogP contribution in [0.3, 0.4) is 0 Å². The largest absolute Gasteiger partial charge is 0.493 e. The zero-order valence-electron chi connectivity index (χ0n) is 18.9. The summed E-state index contributed by atoms with van der Waals surface area (Å²) >= 11 is 0. The molecule has 0 atom stereocenters. The van der Waals surface area contributed by atoms with Crippen LogP contribution in [0.4, 0.5) is 5.69 Å². The van der Waals surface area contributed by atoms with Crippen molar-refractivity contribution in [1.29, 1.82) is 0 Å². The van der Waals surface area contributed by atoms with E-state index in [2.05, 4.69) is 29.0 Å². The van der Waals surface area contributed by atoms with Gasteiger partial charge in [-0.05, 0) is 37.4 Å². The maximum absolute atomic E-state index is 12.8. The van der Waals surface area contributed by atoms with Crippen LogP contribution in [-0.2, 0) is 17.8 Å². The van der Waals surface area contributed by atoms with Crippen LogP contribution in [0.15, 0.2) is 42.5 Å². The highest BCUT2D eigenvalue weighted by Crippen LogP contribution is 2.30. The van der Waals surface area contributed by atoms with E-state index in [4.69, 9.17) is 9.47 Å². The molecular weight excluding hydrogens is 392 g/mol. The third kappa shape index (κ3) is 5.55. The molecular formula is C24H32N4O3. The summed E-state index contributed by atoms with van der Waals surface area (Å²) in [5.41, 5.74) is 2.54. The summed E-state index contributed by atoms with van der Waals surface area (Å²) in [7, 11) is 1.61. The standard InChI is InChI=1S/C24H32N4O3/c1-5-23-26-19-10-8-9-11-20(19)28(23)17-24(29)25-18-12-13-21(30-4)22(16-18)31-15-14-27(6-2)7-3/h8-13,16H,5-7,14-15,17H2,1-4H3,(H,25,29). The molecule has 7 nitrogen and oxygen atoms in total. The lowest BCUT2D eigenvalue weighted by molar-refractivity contribution is -0.116. The van der Waals surface area contributed by atoms with Gasteiger partial charge in [0.25, 0.3) is 0 Å². The molecule has 0 saturated carbocycles. The van der Waals surface area contributed by atoms with Gasteiger partial charge in [-0.3, -0.25) is 4.79 Å². The van der Waals surface area contributed by atoms with Gasteiger partial charge in [-0.15, -0.1) is 0 Å². The Morgan fingerprint density at radius 3 is 2.58 bits per heavy atom. The Balaban J connectivity index is 1.70. The van der Waals surface area contributed by atoms with Gasteiger partial charge in [-0.25, -0.2) is 4.98 Å². The molecule has 0 aliphatic carbocycles. The van der Waals surface area contributed by atoms with Crippen molar-refractivity contribution in [1.82, 2.24) is 14.5 Å². The third-order valence-electron chi connectivity index (χ3n) is 5.36. The summed E-state index contributed by atoms with van der Waals surface area (Å²) in [4.78, 5) is 19.7. The first-order valence-electron chi connectivity index (χ1n) is 10.9. The second-order valence-corrected chi connectivity index (χ2v) is 7.25. The summed E-state index contributed by atoms with van der Waals surface area (Å²) in [5, 5.41) is 2.98. The Morgan fingerprint density at radius 1 is 1.10 bits per heavy atom. The molecule has 166 valence electrons. The van der Waals surface area contributed by atoms with E-state index in [1.807, 2.05) is 54.0 Å². The molecule has 0 radical (unpaired) electrons. The van der Waals surface area contributed by atoms with Crippen LogP contribution in [0.5, 0.6) is 11.5 Å². The van der Waals surface area contributed by atoms with Gasteiger partial charge in [0.2, 0.25) is 5.91 Å². The number of aryl methyl sites for hydroxylation is 1. The lowest BCUT2D eigenvalue weighted by Gasteiger charge is -2.19. The number of aromatic nitrogens is 2. The molecule has 0 fully saturated rings. The number of rotatable bonds is 11. The summed E-state index contributed by atoms with van der Waals surface area (Å²) in [6.07, 6.45) is 0.759. The van der Waals surface area contributed by atoms with Gasteiger partial charge < -0.3 is 24.3 Å². The minimum atomic E-state index is -0.114. The molecule has 0 saturated heterocycles. The molecule has 7 heteroatoms. The van der Waals surface area contributed by atoms with Crippen LogP contribution in [0.1, 0.15) is 26.6 Å². The number of amides is 1. The Morgan fingerprint density at radius 2 is 1.87 bits per heavy atom. The van der Waals surface area contributed by atoms with Gasteiger partial charge in [0.15, 0.2) is 11.5 Å². The number of carbonyl (C=O) groups is 1. The Labute approximate surface area is 184 Å². The van der Waals surface area contributed by atoms with Crippen molar-refractivity contribution < 1.29 is 14.3 Å². The third-order valence-corrected chi connectivity index (χ3v) is 5.36. The predicted molar refractivity (Wildman–Crippen MR) is 124 cm³/mol. The zero-order chi connectivity index (χ0) is 22.2. The maximum atomic E-state index is 12.8. The van der Waals surface area contributed by atoms with E-state index in [0.717, 1.165) is 42.9 Å². The molecule has 31 heavy (non-hydrogen) atoms. The number of hydrogen-bond acceptors (Lipinski definition) is 5. The minimum absolute atomic E-state index is 0.114. The molecule has 1 aromatic heterocycles. The highest BCUT2D eigenvalue weighted by Gasteiger charge is 2.14. The first-order valence-corrected chi connectivity index (χ1v) is 10.9. The summed E-state index contributed by atoms with van der Waals surface area (Å²) < 4.78 is 13.3. The van der Waals surface area contributed by atoms with Crippen molar-refractivity contribution in [2.24, 2.45) is 0 Å². The number of para-hydroxylation sites is 2. The fourth-order valence-corrected chi connectivity index (χ4v) is 3.61. The monoisotopic (exact) mass is 424 g/mol. The Hall–Kier alpha value is -3.06. The fourth-order valence-electron chi connectivity index (χ4n) is 3.61. The molecule has 1 amide bonds. The van der Waals surface area contributed by atoms with Gasteiger partial charge in [-0.1, -0.05) is 32.9 Å². The normalized spacial score (nSPS) is 11.1. The quantitative estimate of drug-likeness (QED) is 0.504.